The first-order chi connectivity index (χ1) is 4.88. The Labute approximate surface area is 64.8 Å². The van der Waals surface area contributed by atoms with Gasteiger partial charge in [0.2, 0.25) is 0 Å². The second-order valence-electron chi connectivity index (χ2n) is 3.99. The first-order valence-electron chi connectivity index (χ1n) is 4.72. The van der Waals surface area contributed by atoms with Crippen LogP contribution in [0.2, 0.25) is 5.82 Å². The van der Waals surface area contributed by atoms with Crippen molar-refractivity contribution in [2.24, 2.45) is 5.92 Å². The van der Waals surface area contributed by atoms with E-state index in [0.717, 1.165) is 11.7 Å². The zero-order chi connectivity index (χ0) is 6.97. The van der Waals surface area contributed by atoms with Gasteiger partial charge in [0.25, 0.3) is 0 Å². The summed E-state index contributed by atoms with van der Waals surface area (Å²) in [6, 6.07) is 0. The van der Waals surface area contributed by atoms with Crippen molar-refractivity contribution in [3.8, 4) is 0 Å². The normalized spacial score (nSPS) is 41.6. The van der Waals surface area contributed by atoms with E-state index in [9.17, 15) is 0 Å². The molecule has 2 rings (SSSR count). The summed E-state index contributed by atoms with van der Waals surface area (Å²) in [5, 5.41) is 0. The molecule has 0 spiro atoms. The molecule has 1 atom stereocenters. The van der Waals surface area contributed by atoms with Gasteiger partial charge in [-0.3, -0.25) is 0 Å². The van der Waals surface area contributed by atoms with E-state index < -0.39 is 0 Å². The summed E-state index contributed by atoms with van der Waals surface area (Å²) in [7, 11) is 2.44. The molecule has 2 aliphatic rings. The highest BCUT2D eigenvalue weighted by Gasteiger charge is 2.32. The predicted molar refractivity (Wildman–Crippen MR) is 46.7 cm³/mol. The van der Waals surface area contributed by atoms with Gasteiger partial charge in [0.05, 0.1) is 0 Å². The number of fused-ring (bicyclic) bond motifs is 2. The highest BCUT2D eigenvalue weighted by atomic mass is 14.3. The van der Waals surface area contributed by atoms with Crippen LogP contribution in [0.5, 0.6) is 0 Å². The maximum atomic E-state index is 2.44. The lowest BCUT2D eigenvalue weighted by molar-refractivity contribution is 0.298. The second-order valence-corrected chi connectivity index (χ2v) is 3.99. The molecule has 2 saturated carbocycles. The summed E-state index contributed by atoms with van der Waals surface area (Å²) in [5.74, 6) is 3.96. The standard InChI is InChI=1S/C9H16B/c10-9-7-3-1-4-8(9)6-2-5-7/h7,9H,1-6,10H2. The average Bonchev–Trinajstić information content (AvgIpc) is 1.86. The van der Waals surface area contributed by atoms with Crippen molar-refractivity contribution in [2.45, 2.75) is 44.3 Å². The van der Waals surface area contributed by atoms with Gasteiger partial charge in [-0.1, -0.05) is 31.5 Å². The van der Waals surface area contributed by atoms with Crippen LogP contribution in [0, 0.1) is 11.8 Å². The van der Waals surface area contributed by atoms with Crippen molar-refractivity contribution in [3.63, 3.8) is 0 Å². The van der Waals surface area contributed by atoms with Crippen LogP contribution in [0.15, 0.2) is 0 Å². The molecule has 0 amide bonds. The summed E-state index contributed by atoms with van der Waals surface area (Å²) in [4.78, 5) is 0. The van der Waals surface area contributed by atoms with E-state index in [0.29, 0.717) is 0 Å². The van der Waals surface area contributed by atoms with E-state index in [1.165, 1.54) is 38.5 Å². The lowest BCUT2D eigenvalue weighted by atomic mass is 9.57. The van der Waals surface area contributed by atoms with Gasteiger partial charge in [-0.2, -0.15) is 0 Å². The lowest BCUT2D eigenvalue weighted by Gasteiger charge is -2.40. The van der Waals surface area contributed by atoms with Gasteiger partial charge < -0.3 is 0 Å². The van der Waals surface area contributed by atoms with Gasteiger partial charge in [0.15, 0.2) is 0 Å². The monoisotopic (exact) mass is 135 g/mol. The van der Waals surface area contributed by atoms with Crippen molar-refractivity contribution in [3.05, 3.63) is 5.92 Å². The van der Waals surface area contributed by atoms with Crippen molar-refractivity contribution < 1.29 is 0 Å². The van der Waals surface area contributed by atoms with Gasteiger partial charge in [-0.05, 0) is 24.7 Å². The molecule has 0 aromatic carbocycles. The van der Waals surface area contributed by atoms with E-state index in [1.54, 1.807) is 0 Å². The maximum absolute atomic E-state index is 2.44. The molecule has 10 heavy (non-hydrogen) atoms. The number of rotatable bonds is 0. The van der Waals surface area contributed by atoms with Crippen LogP contribution < -0.4 is 0 Å². The highest BCUT2D eigenvalue weighted by molar-refractivity contribution is 6.13. The molecule has 0 nitrogen and oxygen atoms in total. The van der Waals surface area contributed by atoms with Crippen molar-refractivity contribution >= 4 is 7.85 Å². The Bertz CT molecular complexity index is 99.9. The summed E-state index contributed by atoms with van der Waals surface area (Å²) >= 11 is 0. The van der Waals surface area contributed by atoms with Crippen molar-refractivity contribution in [2.75, 3.05) is 0 Å². The zero-order valence-corrected chi connectivity index (χ0v) is 6.90. The van der Waals surface area contributed by atoms with E-state index in [4.69, 9.17) is 0 Å². The quantitative estimate of drug-likeness (QED) is 0.445. The van der Waals surface area contributed by atoms with Crippen LogP contribution in [-0.2, 0) is 0 Å². The zero-order valence-electron chi connectivity index (χ0n) is 6.90. The maximum Gasteiger partial charge on any atom is 0.106 e. The van der Waals surface area contributed by atoms with E-state index in [2.05, 4.69) is 7.85 Å². The molecular weight excluding hydrogens is 119 g/mol. The van der Waals surface area contributed by atoms with Crippen LogP contribution in [0.25, 0.3) is 0 Å². The summed E-state index contributed by atoms with van der Waals surface area (Å²) in [5.41, 5.74) is 0. The van der Waals surface area contributed by atoms with Gasteiger partial charge >= 0.3 is 0 Å². The molecule has 2 bridgehead atoms. The van der Waals surface area contributed by atoms with Gasteiger partial charge in [-0.25, -0.2) is 0 Å². The molecule has 0 N–H and O–H groups in total. The third-order valence-corrected chi connectivity index (χ3v) is 3.50. The molecule has 0 aliphatic heterocycles. The predicted octanol–water partition coefficient (Wildman–Crippen LogP) is 1.97. The first-order valence-corrected chi connectivity index (χ1v) is 4.72. The Morgan fingerprint density at radius 1 is 1.10 bits per heavy atom. The van der Waals surface area contributed by atoms with Gasteiger partial charge in [-0.15, -0.1) is 0 Å². The summed E-state index contributed by atoms with van der Waals surface area (Å²) in [6.45, 7) is 0. The van der Waals surface area contributed by atoms with Crippen LogP contribution in [0.3, 0.4) is 0 Å². The minimum absolute atomic E-state index is 0.988. The Morgan fingerprint density at radius 2 is 1.70 bits per heavy atom. The Balaban J connectivity index is 2.05. The van der Waals surface area contributed by atoms with Crippen molar-refractivity contribution in [1.82, 2.24) is 0 Å². The summed E-state index contributed by atoms with van der Waals surface area (Å²) in [6.07, 6.45) is 8.93. The Morgan fingerprint density at radius 3 is 2.10 bits per heavy atom. The molecule has 2 aliphatic carbocycles. The molecule has 1 heteroatoms. The van der Waals surface area contributed by atoms with E-state index in [1.807, 2.05) is 5.92 Å². The lowest BCUT2D eigenvalue weighted by Crippen LogP contribution is -2.26. The van der Waals surface area contributed by atoms with Crippen LogP contribution in [0.1, 0.15) is 38.5 Å². The van der Waals surface area contributed by atoms with Gasteiger partial charge in [0, 0.05) is 0 Å². The first kappa shape index (κ1) is 6.76. The SMILES string of the molecule is BC1[C]2CCCC1CCC2. The molecular formula is C9H16B. The molecule has 0 aromatic heterocycles. The molecule has 0 aromatic rings. The second kappa shape index (κ2) is 2.60. The van der Waals surface area contributed by atoms with Gasteiger partial charge in [0.1, 0.15) is 7.85 Å². The Kier molecular flexibility index (Phi) is 1.75. The topological polar surface area (TPSA) is 0 Å². The van der Waals surface area contributed by atoms with Crippen LogP contribution in [-0.4, -0.2) is 7.85 Å². The molecule has 55 valence electrons. The fourth-order valence-corrected chi connectivity index (χ4v) is 2.74. The fourth-order valence-electron chi connectivity index (χ4n) is 2.74. The largest absolute Gasteiger partial charge is 0.106 e. The molecule has 2 fully saturated rings. The molecule has 1 radical (unpaired) electrons. The molecule has 0 heterocycles. The highest BCUT2D eigenvalue weighted by Crippen LogP contribution is 2.47. The fraction of sp³-hybridized carbons (Fsp3) is 0.889. The average molecular weight is 135 g/mol. The Hall–Kier alpha value is 0.0649. The third kappa shape index (κ3) is 1.000. The summed E-state index contributed by atoms with van der Waals surface area (Å²) < 4.78 is 0. The molecule has 0 saturated heterocycles. The minimum Gasteiger partial charge on any atom is -0.0609 e. The van der Waals surface area contributed by atoms with E-state index >= 15 is 0 Å². The van der Waals surface area contributed by atoms with Crippen LogP contribution >= 0.6 is 0 Å². The van der Waals surface area contributed by atoms with E-state index in [-0.39, 0.29) is 0 Å². The minimum atomic E-state index is 0.988. The molecule has 1 unspecified atom stereocenters. The van der Waals surface area contributed by atoms with Crippen LogP contribution in [0.4, 0.5) is 0 Å². The number of hydrogen-bond donors (Lipinski definition) is 0. The number of hydrogen-bond acceptors (Lipinski definition) is 0. The third-order valence-electron chi connectivity index (χ3n) is 3.50. The smallest absolute Gasteiger partial charge is 0.0609 e. The van der Waals surface area contributed by atoms with Crippen molar-refractivity contribution in [1.29, 1.82) is 0 Å².